The molecule has 6 rings (SSSR count). The number of hydrogen-bond acceptors (Lipinski definition) is 8. The smallest absolute Gasteiger partial charge is 0.225 e. The van der Waals surface area contributed by atoms with Gasteiger partial charge >= 0.3 is 0 Å². The van der Waals surface area contributed by atoms with Crippen LogP contribution in [-0.4, -0.2) is 61.1 Å². The first-order chi connectivity index (χ1) is 26.8. The fourth-order valence-corrected chi connectivity index (χ4v) is 7.09. The van der Waals surface area contributed by atoms with Crippen LogP contribution in [0.4, 0.5) is 8.78 Å². The fraction of sp³-hybridized carbons (Fsp3) is 0.318. The lowest BCUT2D eigenvalue weighted by atomic mass is 9.80. The van der Waals surface area contributed by atoms with E-state index in [4.69, 9.17) is 40.0 Å². The highest BCUT2D eigenvalue weighted by molar-refractivity contribution is 6.31. The molecule has 5 aromatic rings. The highest BCUT2D eigenvalue weighted by Crippen LogP contribution is 2.48. The first-order valence-electron chi connectivity index (χ1n) is 18.1. The van der Waals surface area contributed by atoms with Gasteiger partial charge < -0.3 is 38.6 Å². The van der Waals surface area contributed by atoms with E-state index in [0.29, 0.717) is 11.1 Å². The van der Waals surface area contributed by atoms with Crippen molar-refractivity contribution < 1.29 is 47.4 Å². The van der Waals surface area contributed by atoms with Crippen LogP contribution in [-0.2, 0) is 55.7 Å². The Morgan fingerprint density at radius 2 is 1.22 bits per heavy atom. The summed E-state index contributed by atoms with van der Waals surface area (Å²) in [6.45, 7) is 0.783. The third kappa shape index (κ3) is 8.93. The van der Waals surface area contributed by atoms with Gasteiger partial charge in [-0.15, -0.1) is 0 Å². The van der Waals surface area contributed by atoms with Gasteiger partial charge in [-0.2, -0.15) is 4.39 Å². The molecule has 0 saturated carbocycles. The summed E-state index contributed by atoms with van der Waals surface area (Å²) in [5.41, 5.74) is 1.58. The maximum atomic E-state index is 15.4. The van der Waals surface area contributed by atoms with Gasteiger partial charge in [0.25, 0.3) is 0 Å². The Kier molecular flexibility index (Phi) is 13.7. The minimum Gasteiger partial charge on any atom is -0.491 e. The lowest BCUT2D eigenvalue weighted by molar-refractivity contribution is -0.417. The molecule has 5 aromatic carbocycles. The van der Waals surface area contributed by atoms with Crippen molar-refractivity contribution >= 4 is 11.6 Å². The number of benzene rings is 5. The summed E-state index contributed by atoms with van der Waals surface area (Å²) >= 11 is 6.73. The molecule has 11 heteroatoms. The van der Waals surface area contributed by atoms with Gasteiger partial charge in [-0.1, -0.05) is 115 Å². The standard InChI is InChI=1S/C44H45ClF2O8/c1-3-51-37-22-19-33(38(46)39(37)47)23-34-24-35(20-21-36(34)45)44(50-2)42(54-27-32-17-11-6-12-18-32)40(52-25-30-13-7-4-8-14-30)41(43(28-48,29-49)55-44)53-26-31-15-9-5-10-16-31/h4-22,24,40-42,48-49H,3,23,25-29H2,1-2H3/t40?,41-,42+,44-/m0/s1. The van der Waals surface area contributed by atoms with Crippen molar-refractivity contribution in [3.8, 4) is 5.75 Å². The molecule has 2 N–H and O–H groups in total. The predicted octanol–water partition coefficient (Wildman–Crippen LogP) is 7.92. The van der Waals surface area contributed by atoms with Crippen molar-refractivity contribution in [2.45, 2.75) is 62.9 Å². The van der Waals surface area contributed by atoms with Gasteiger partial charge in [-0.25, -0.2) is 4.39 Å². The van der Waals surface area contributed by atoms with Crippen LogP contribution in [0.3, 0.4) is 0 Å². The number of methoxy groups -OCH3 is 1. The summed E-state index contributed by atoms with van der Waals surface area (Å²) in [7, 11) is 1.42. The van der Waals surface area contributed by atoms with Crippen LogP contribution in [0.15, 0.2) is 121 Å². The molecular formula is C44H45ClF2O8. The molecule has 0 radical (unpaired) electrons. The van der Waals surface area contributed by atoms with Gasteiger partial charge in [0.05, 0.1) is 39.6 Å². The average molecular weight is 775 g/mol. The molecule has 1 saturated heterocycles. The highest BCUT2D eigenvalue weighted by Gasteiger charge is 2.64. The molecule has 1 unspecified atom stereocenters. The topological polar surface area (TPSA) is 95.8 Å². The maximum Gasteiger partial charge on any atom is 0.225 e. The molecule has 55 heavy (non-hydrogen) atoms. The van der Waals surface area contributed by atoms with Crippen LogP contribution in [0.2, 0.25) is 5.02 Å². The van der Waals surface area contributed by atoms with E-state index >= 15 is 4.39 Å². The summed E-state index contributed by atoms with van der Waals surface area (Å²) in [5, 5.41) is 22.6. The second kappa shape index (κ2) is 18.6. The Morgan fingerprint density at radius 1 is 0.673 bits per heavy atom. The van der Waals surface area contributed by atoms with E-state index in [2.05, 4.69) is 0 Å². The van der Waals surface area contributed by atoms with Crippen LogP contribution in [0, 0.1) is 11.6 Å². The quantitative estimate of drug-likeness (QED) is 0.0985. The molecule has 1 aliphatic heterocycles. The minimum absolute atomic E-state index is 0.0476. The lowest BCUT2D eigenvalue weighted by Gasteiger charge is -2.56. The van der Waals surface area contributed by atoms with Crippen molar-refractivity contribution in [2.24, 2.45) is 0 Å². The molecule has 0 spiro atoms. The third-order valence-electron chi connectivity index (χ3n) is 9.77. The van der Waals surface area contributed by atoms with Crippen molar-refractivity contribution in [3.05, 3.63) is 171 Å². The van der Waals surface area contributed by atoms with Gasteiger partial charge in [0.2, 0.25) is 11.6 Å². The minimum atomic E-state index is -1.88. The summed E-state index contributed by atoms with van der Waals surface area (Å²) in [4.78, 5) is 0. The molecule has 8 nitrogen and oxygen atoms in total. The molecule has 0 aliphatic carbocycles. The monoisotopic (exact) mass is 774 g/mol. The second-order valence-corrected chi connectivity index (χ2v) is 13.7. The Balaban J connectivity index is 1.48. The Bertz CT molecular complexity index is 1970. The van der Waals surface area contributed by atoms with E-state index in [-0.39, 0.29) is 49.2 Å². The van der Waals surface area contributed by atoms with E-state index in [0.717, 1.165) is 16.7 Å². The number of aliphatic hydroxyl groups excluding tert-OH is 2. The van der Waals surface area contributed by atoms with Gasteiger partial charge in [-0.3, -0.25) is 0 Å². The van der Waals surface area contributed by atoms with E-state index in [9.17, 15) is 14.6 Å². The summed E-state index contributed by atoms with van der Waals surface area (Å²) < 4.78 is 68.9. The number of aliphatic hydroxyl groups is 2. The van der Waals surface area contributed by atoms with Crippen LogP contribution in [0.1, 0.15) is 40.3 Å². The molecule has 1 fully saturated rings. The van der Waals surface area contributed by atoms with Crippen molar-refractivity contribution in [1.29, 1.82) is 0 Å². The molecule has 290 valence electrons. The van der Waals surface area contributed by atoms with Crippen molar-refractivity contribution in [1.82, 2.24) is 0 Å². The summed E-state index contributed by atoms with van der Waals surface area (Å²) in [5.74, 6) is -4.22. The van der Waals surface area contributed by atoms with Gasteiger partial charge in [0.15, 0.2) is 11.6 Å². The maximum absolute atomic E-state index is 15.4. The largest absolute Gasteiger partial charge is 0.491 e. The number of halogens is 3. The Hall–Kier alpha value is -4.23. The predicted molar refractivity (Wildman–Crippen MR) is 204 cm³/mol. The molecular weight excluding hydrogens is 730 g/mol. The lowest BCUT2D eigenvalue weighted by Crippen LogP contribution is -2.72. The van der Waals surface area contributed by atoms with Gasteiger partial charge in [0, 0.05) is 24.1 Å². The highest BCUT2D eigenvalue weighted by atomic mass is 35.5. The van der Waals surface area contributed by atoms with E-state index in [1.165, 1.54) is 19.2 Å². The molecule has 0 bridgehead atoms. The zero-order valence-corrected chi connectivity index (χ0v) is 31.5. The third-order valence-corrected chi connectivity index (χ3v) is 10.1. The first-order valence-corrected chi connectivity index (χ1v) is 18.5. The number of ether oxygens (including phenoxy) is 6. The number of rotatable bonds is 17. The molecule has 0 amide bonds. The molecule has 4 atom stereocenters. The number of hydrogen-bond donors (Lipinski definition) is 2. The van der Waals surface area contributed by atoms with Crippen LogP contribution in [0.5, 0.6) is 5.75 Å². The Morgan fingerprint density at radius 3 is 1.75 bits per heavy atom. The van der Waals surface area contributed by atoms with Gasteiger partial charge in [-0.05, 0) is 52.9 Å². The molecule has 1 heterocycles. The van der Waals surface area contributed by atoms with Crippen LogP contribution in [0.25, 0.3) is 0 Å². The van der Waals surface area contributed by atoms with Gasteiger partial charge in [0.1, 0.15) is 23.9 Å². The SMILES string of the molecule is CCOc1ccc(Cc2cc([C@]3(OC)OC(CO)(CO)[C@@H](OCc4ccccc4)C(OCc4ccccc4)[C@H]3OCc3ccccc3)ccc2Cl)c(F)c1F. The van der Waals surface area contributed by atoms with Crippen LogP contribution < -0.4 is 4.74 Å². The molecule has 0 aromatic heterocycles. The summed E-state index contributed by atoms with van der Waals surface area (Å²) in [6.07, 6.45) is -3.33. The Labute approximate surface area is 325 Å². The fourth-order valence-electron chi connectivity index (χ4n) is 6.91. The van der Waals surface area contributed by atoms with E-state index in [1.54, 1.807) is 25.1 Å². The average Bonchev–Trinajstić information content (AvgIpc) is 3.23. The zero-order valence-electron chi connectivity index (χ0n) is 30.7. The van der Waals surface area contributed by atoms with Crippen molar-refractivity contribution in [2.75, 3.05) is 26.9 Å². The van der Waals surface area contributed by atoms with Crippen molar-refractivity contribution in [3.63, 3.8) is 0 Å². The second-order valence-electron chi connectivity index (χ2n) is 13.3. The normalized spacial score (nSPS) is 20.7. The summed E-state index contributed by atoms with van der Waals surface area (Å²) in [6, 6.07) is 36.3. The van der Waals surface area contributed by atoms with E-state index < -0.39 is 54.5 Å². The van der Waals surface area contributed by atoms with E-state index in [1.807, 2.05) is 91.0 Å². The van der Waals surface area contributed by atoms with Crippen LogP contribution >= 0.6 is 11.6 Å². The molecule has 1 aliphatic rings. The zero-order chi connectivity index (χ0) is 38.8. The first kappa shape index (κ1) is 40.4.